The maximum atomic E-state index is 6.40. The molecule has 0 atom stereocenters. The van der Waals surface area contributed by atoms with Gasteiger partial charge in [0.15, 0.2) is 7.38 Å². The molecule has 0 bridgehead atoms. The Labute approximate surface area is 86.0 Å². The van der Waals surface area contributed by atoms with E-state index in [9.17, 15) is 0 Å². The van der Waals surface area contributed by atoms with E-state index in [2.05, 4.69) is 43.9 Å². The summed E-state index contributed by atoms with van der Waals surface area (Å²) in [6, 6.07) is 8.38. The molecule has 0 spiro atoms. The van der Waals surface area contributed by atoms with Gasteiger partial charge in [-0.25, -0.2) is 0 Å². The quantitative estimate of drug-likeness (QED) is 0.409. The molecule has 0 aliphatic carbocycles. The van der Waals surface area contributed by atoms with Crippen LogP contribution in [0.2, 0.25) is 13.1 Å². The average molecular weight is 211 g/mol. The molecule has 70 valence electrons. The number of hydrogen-bond donors (Lipinski definition) is 0. The van der Waals surface area contributed by atoms with Crippen LogP contribution in [0.4, 0.5) is 0 Å². The normalized spacial score (nSPS) is 11.3. The molecular weight excluding hydrogens is 196 g/mol. The third kappa shape index (κ3) is 2.71. The Morgan fingerprint density at radius 1 is 1.38 bits per heavy atom. The molecule has 0 saturated heterocycles. The standard InChI is InChI=1S/C11H15ClSi/c1-4-7-10-8-5-6-9-11(10)13(2,3)12/h4-6,8-9H,1,7H2,2-3H3. The van der Waals surface area contributed by atoms with Crippen molar-refractivity contribution in [3.63, 3.8) is 0 Å². The Bertz CT molecular complexity index is 299. The van der Waals surface area contributed by atoms with E-state index in [4.69, 9.17) is 11.1 Å². The van der Waals surface area contributed by atoms with Crippen LogP contribution in [0.3, 0.4) is 0 Å². The van der Waals surface area contributed by atoms with E-state index < -0.39 is 7.38 Å². The van der Waals surface area contributed by atoms with Crippen LogP contribution >= 0.6 is 11.1 Å². The van der Waals surface area contributed by atoms with Crippen molar-refractivity contribution >= 4 is 23.6 Å². The highest BCUT2D eigenvalue weighted by molar-refractivity contribution is 7.26. The van der Waals surface area contributed by atoms with E-state index >= 15 is 0 Å². The first-order valence-electron chi connectivity index (χ1n) is 4.44. The third-order valence-corrected chi connectivity index (χ3v) is 4.40. The second kappa shape index (κ2) is 4.12. The van der Waals surface area contributed by atoms with Gasteiger partial charge in [0.05, 0.1) is 0 Å². The van der Waals surface area contributed by atoms with Crippen LogP contribution in [0.25, 0.3) is 0 Å². The van der Waals surface area contributed by atoms with Gasteiger partial charge in [-0.1, -0.05) is 43.4 Å². The van der Waals surface area contributed by atoms with Crippen LogP contribution in [0, 0.1) is 0 Å². The van der Waals surface area contributed by atoms with Crippen molar-refractivity contribution in [2.75, 3.05) is 0 Å². The Kier molecular flexibility index (Phi) is 3.34. The Hall–Kier alpha value is -0.533. The number of halogens is 1. The summed E-state index contributed by atoms with van der Waals surface area (Å²) in [5, 5.41) is 1.33. The SMILES string of the molecule is C=CCc1ccccc1[Si](C)(C)Cl. The van der Waals surface area contributed by atoms with E-state index in [0.717, 1.165) is 6.42 Å². The molecule has 2 heteroatoms. The predicted molar refractivity (Wildman–Crippen MR) is 63.3 cm³/mol. The van der Waals surface area contributed by atoms with E-state index in [1.807, 2.05) is 6.08 Å². The van der Waals surface area contributed by atoms with Crippen LogP contribution in [0.5, 0.6) is 0 Å². The molecule has 0 nitrogen and oxygen atoms in total. The van der Waals surface area contributed by atoms with Gasteiger partial charge in [-0.05, 0) is 17.2 Å². The first kappa shape index (κ1) is 10.5. The molecule has 0 N–H and O–H groups in total. The van der Waals surface area contributed by atoms with Crippen LogP contribution in [-0.4, -0.2) is 7.38 Å². The summed E-state index contributed by atoms with van der Waals surface area (Å²) in [4.78, 5) is 0. The number of rotatable bonds is 3. The zero-order chi connectivity index (χ0) is 9.90. The second-order valence-corrected chi connectivity index (χ2v) is 9.94. The van der Waals surface area contributed by atoms with Crippen LogP contribution in [0.1, 0.15) is 5.56 Å². The molecule has 0 aromatic heterocycles. The fourth-order valence-electron chi connectivity index (χ4n) is 1.43. The molecule has 0 aliphatic rings. The highest BCUT2D eigenvalue weighted by atomic mass is 35.6. The van der Waals surface area contributed by atoms with Gasteiger partial charge >= 0.3 is 0 Å². The first-order chi connectivity index (χ1) is 6.05. The minimum Gasteiger partial charge on any atom is -0.162 e. The Morgan fingerprint density at radius 2 is 2.00 bits per heavy atom. The molecule has 0 saturated carbocycles. The van der Waals surface area contributed by atoms with Gasteiger partial charge in [-0.2, -0.15) is 11.1 Å². The summed E-state index contributed by atoms with van der Waals surface area (Å²) in [5.74, 6) is 0. The molecule has 0 aliphatic heterocycles. The van der Waals surface area contributed by atoms with E-state index in [0.29, 0.717) is 0 Å². The average Bonchev–Trinajstić information content (AvgIpc) is 2.04. The second-order valence-electron chi connectivity index (χ2n) is 3.62. The molecule has 1 aromatic carbocycles. The highest BCUT2D eigenvalue weighted by Crippen LogP contribution is 2.12. The zero-order valence-corrected chi connectivity index (χ0v) is 9.93. The lowest BCUT2D eigenvalue weighted by Crippen LogP contribution is -2.37. The Balaban J connectivity index is 3.11. The minimum atomic E-state index is -1.69. The van der Waals surface area contributed by atoms with Gasteiger partial charge < -0.3 is 0 Å². The van der Waals surface area contributed by atoms with Crippen molar-refractivity contribution in [2.45, 2.75) is 19.5 Å². The first-order valence-corrected chi connectivity index (χ1v) is 8.45. The molecule has 1 rings (SSSR count). The van der Waals surface area contributed by atoms with E-state index in [1.165, 1.54) is 10.8 Å². The summed E-state index contributed by atoms with van der Waals surface area (Å²) in [7, 11) is -1.69. The monoisotopic (exact) mass is 210 g/mol. The smallest absolute Gasteiger partial charge is 0.162 e. The predicted octanol–water partition coefficient (Wildman–Crippen LogP) is 3.07. The molecule has 0 radical (unpaired) electrons. The number of allylic oxidation sites excluding steroid dienone is 1. The maximum absolute atomic E-state index is 6.40. The van der Waals surface area contributed by atoms with Crippen molar-refractivity contribution in [1.82, 2.24) is 0 Å². The third-order valence-electron chi connectivity index (χ3n) is 2.02. The highest BCUT2D eigenvalue weighted by Gasteiger charge is 2.22. The fourth-order valence-corrected chi connectivity index (χ4v) is 3.43. The molecule has 13 heavy (non-hydrogen) atoms. The molecule has 1 aromatic rings. The van der Waals surface area contributed by atoms with Crippen molar-refractivity contribution in [3.05, 3.63) is 42.5 Å². The van der Waals surface area contributed by atoms with Crippen molar-refractivity contribution in [1.29, 1.82) is 0 Å². The lowest BCUT2D eigenvalue weighted by atomic mass is 10.1. The molecule has 0 fully saturated rings. The van der Waals surface area contributed by atoms with Gasteiger partial charge in [0.1, 0.15) is 0 Å². The zero-order valence-electron chi connectivity index (χ0n) is 8.18. The van der Waals surface area contributed by atoms with Crippen LogP contribution in [-0.2, 0) is 6.42 Å². The largest absolute Gasteiger partial charge is 0.181 e. The summed E-state index contributed by atoms with van der Waals surface area (Å²) < 4.78 is 0. The van der Waals surface area contributed by atoms with Crippen molar-refractivity contribution in [2.24, 2.45) is 0 Å². The molecule has 0 unspecified atom stereocenters. The maximum Gasteiger partial charge on any atom is 0.181 e. The lowest BCUT2D eigenvalue weighted by molar-refractivity contribution is 1.30. The molecule has 0 amide bonds. The minimum absolute atomic E-state index is 0.916. The Morgan fingerprint density at radius 3 is 2.54 bits per heavy atom. The van der Waals surface area contributed by atoms with Crippen molar-refractivity contribution < 1.29 is 0 Å². The topological polar surface area (TPSA) is 0 Å². The summed E-state index contributed by atoms with van der Waals surface area (Å²) in [6.45, 7) is 8.05. The number of hydrogen-bond acceptors (Lipinski definition) is 0. The van der Waals surface area contributed by atoms with Gasteiger partial charge in [0.2, 0.25) is 0 Å². The number of benzene rings is 1. The fraction of sp³-hybridized carbons (Fsp3) is 0.273. The van der Waals surface area contributed by atoms with Gasteiger partial charge in [0.25, 0.3) is 0 Å². The van der Waals surface area contributed by atoms with Gasteiger partial charge in [-0.15, -0.1) is 6.58 Å². The van der Waals surface area contributed by atoms with Crippen LogP contribution < -0.4 is 5.19 Å². The van der Waals surface area contributed by atoms with Gasteiger partial charge in [-0.3, -0.25) is 0 Å². The lowest BCUT2D eigenvalue weighted by Gasteiger charge is -2.17. The molecule has 0 heterocycles. The van der Waals surface area contributed by atoms with Gasteiger partial charge in [0, 0.05) is 0 Å². The van der Waals surface area contributed by atoms with Crippen molar-refractivity contribution in [3.8, 4) is 0 Å². The summed E-state index contributed by atoms with van der Waals surface area (Å²) in [6.07, 6.45) is 2.84. The molecular formula is C11H15ClSi. The summed E-state index contributed by atoms with van der Waals surface area (Å²) in [5.41, 5.74) is 1.32. The van der Waals surface area contributed by atoms with E-state index in [-0.39, 0.29) is 0 Å². The van der Waals surface area contributed by atoms with Crippen LogP contribution in [0.15, 0.2) is 36.9 Å². The van der Waals surface area contributed by atoms with E-state index in [1.54, 1.807) is 0 Å². The summed E-state index contributed by atoms with van der Waals surface area (Å²) >= 11 is 6.40.